The summed E-state index contributed by atoms with van der Waals surface area (Å²) in [6.45, 7) is 0. The lowest BCUT2D eigenvalue weighted by molar-refractivity contribution is 0.102. The molecule has 0 aliphatic rings. The monoisotopic (exact) mass is 318 g/mol. The molecule has 0 saturated heterocycles. The van der Waals surface area contributed by atoms with Gasteiger partial charge >= 0.3 is 6.09 Å². The van der Waals surface area contributed by atoms with Crippen LogP contribution in [0.25, 0.3) is 0 Å². The Morgan fingerprint density at radius 1 is 1.04 bits per heavy atom. The lowest BCUT2D eigenvalue weighted by Gasteiger charge is -2.11. The second-order valence-electron chi connectivity index (χ2n) is 4.47. The molecule has 0 fully saturated rings. The van der Waals surface area contributed by atoms with Gasteiger partial charge in [-0.2, -0.15) is 0 Å². The molecule has 0 saturated carbocycles. The first-order valence-electron chi connectivity index (χ1n) is 6.64. The van der Waals surface area contributed by atoms with Crippen molar-refractivity contribution < 1.29 is 23.5 Å². The Bertz CT molecular complexity index is 734. The topological polar surface area (TPSA) is 76.7 Å². The summed E-state index contributed by atoms with van der Waals surface area (Å²) in [5.41, 5.74) is 0.546. The number of ether oxygens (including phenoxy) is 2. The maximum Gasteiger partial charge on any atom is 0.411 e. The number of hydrogen-bond donors (Lipinski definition) is 2. The first kappa shape index (κ1) is 16.3. The maximum atomic E-state index is 13.6. The predicted octanol–water partition coefficient (Wildman–Crippen LogP) is 3.26. The summed E-state index contributed by atoms with van der Waals surface area (Å²) in [7, 11) is 2.63. The number of carbonyl (C=O) groups excluding carboxylic acids is 2. The highest BCUT2D eigenvalue weighted by atomic mass is 19.1. The molecule has 23 heavy (non-hydrogen) atoms. The van der Waals surface area contributed by atoms with E-state index in [4.69, 9.17) is 4.74 Å². The molecule has 0 unspecified atom stereocenters. The van der Waals surface area contributed by atoms with Crippen LogP contribution in [0.3, 0.4) is 0 Å². The maximum absolute atomic E-state index is 13.6. The molecular formula is C16H15FN2O4. The number of nitrogens with one attached hydrogen (secondary N) is 2. The Morgan fingerprint density at radius 3 is 2.48 bits per heavy atom. The van der Waals surface area contributed by atoms with E-state index in [1.165, 1.54) is 26.4 Å². The van der Waals surface area contributed by atoms with Gasteiger partial charge < -0.3 is 14.8 Å². The molecule has 7 heteroatoms. The number of benzene rings is 2. The van der Waals surface area contributed by atoms with Crippen molar-refractivity contribution in [3.05, 3.63) is 53.8 Å². The summed E-state index contributed by atoms with van der Waals surface area (Å²) in [6.07, 6.45) is -0.808. The van der Waals surface area contributed by atoms with Crippen molar-refractivity contribution in [2.45, 2.75) is 0 Å². The van der Waals surface area contributed by atoms with Crippen LogP contribution in [-0.2, 0) is 4.74 Å². The molecule has 2 N–H and O–H groups in total. The van der Waals surface area contributed by atoms with Crippen LogP contribution >= 0.6 is 0 Å². The average molecular weight is 318 g/mol. The fraction of sp³-hybridized carbons (Fsp3) is 0.125. The summed E-state index contributed by atoms with van der Waals surface area (Å²) < 4.78 is 23.2. The van der Waals surface area contributed by atoms with Crippen molar-refractivity contribution in [1.82, 2.24) is 0 Å². The van der Waals surface area contributed by atoms with Gasteiger partial charge in [0.1, 0.15) is 11.6 Å². The summed E-state index contributed by atoms with van der Waals surface area (Å²) in [5.74, 6) is -0.649. The molecule has 0 atom stereocenters. The van der Waals surface area contributed by atoms with Crippen LogP contribution in [0.1, 0.15) is 10.4 Å². The van der Waals surface area contributed by atoms with Gasteiger partial charge in [0.25, 0.3) is 5.91 Å². The van der Waals surface area contributed by atoms with Crippen LogP contribution in [0.5, 0.6) is 5.75 Å². The number of halogens is 1. The highest BCUT2D eigenvalue weighted by molar-refractivity contribution is 6.06. The van der Waals surface area contributed by atoms with Crippen LogP contribution in [0, 0.1) is 5.82 Å². The Balaban J connectivity index is 2.21. The van der Waals surface area contributed by atoms with Crippen molar-refractivity contribution >= 4 is 23.4 Å². The highest BCUT2D eigenvalue weighted by Crippen LogP contribution is 2.22. The van der Waals surface area contributed by atoms with E-state index in [1.54, 1.807) is 24.3 Å². The average Bonchev–Trinajstić information content (AvgIpc) is 2.57. The van der Waals surface area contributed by atoms with Gasteiger partial charge in [0, 0.05) is 5.69 Å². The quantitative estimate of drug-likeness (QED) is 0.907. The minimum atomic E-state index is -0.808. The summed E-state index contributed by atoms with van der Waals surface area (Å²) in [6, 6.07) is 10.5. The molecule has 0 aliphatic heterocycles. The standard InChI is InChI=1S/C16H15FN2O4/c1-22-14-6-4-3-5-11(14)15(20)18-10-7-8-12(17)13(9-10)19-16(21)23-2/h3-9H,1-2H3,(H,18,20)(H,19,21). The van der Waals surface area contributed by atoms with Gasteiger partial charge in [-0.3, -0.25) is 10.1 Å². The molecule has 2 aromatic carbocycles. The second-order valence-corrected chi connectivity index (χ2v) is 4.47. The number of anilines is 2. The van der Waals surface area contributed by atoms with Crippen molar-refractivity contribution in [3.63, 3.8) is 0 Å². The smallest absolute Gasteiger partial charge is 0.411 e. The third-order valence-corrected chi connectivity index (χ3v) is 3.00. The number of amides is 2. The second kappa shape index (κ2) is 7.26. The summed E-state index contributed by atoms with van der Waals surface area (Å²) >= 11 is 0. The SMILES string of the molecule is COC(=O)Nc1cc(NC(=O)c2ccccc2OC)ccc1F. The van der Waals surface area contributed by atoms with E-state index in [9.17, 15) is 14.0 Å². The molecule has 0 bridgehead atoms. The molecular weight excluding hydrogens is 303 g/mol. The minimum absolute atomic E-state index is 0.102. The number of methoxy groups -OCH3 is 2. The number of rotatable bonds is 4. The van der Waals surface area contributed by atoms with Gasteiger partial charge in [0.05, 0.1) is 25.5 Å². The number of carbonyl (C=O) groups is 2. The van der Waals surface area contributed by atoms with Gasteiger partial charge in [-0.05, 0) is 30.3 Å². The Kier molecular flexibility index (Phi) is 5.14. The lowest BCUT2D eigenvalue weighted by Crippen LogP contribution is -2.15. The van der Waals surface area contributed by atoms with Gasteiger partial charge in [-0.25, -0.2) is 9.18 Å². The van der Waals surface area contributed by atoms with E-state index in [-0.39, 0.29) is 5.69 Å². The molecule has 0 aliphatic carbocycles. The third-order valence-electron chi connectivity index (χ3n) is 3.00. The van der Waals surface area contributed by atoms with Crippen LogP contribution in [0.15, 0.2) is 42.5 Å². The van der Waals surface area contributed by atoms with Gasteiger partial charge in [0.15, 0.2) is 0 Å². The zero-order valence-corrected chi connectivity index (χ0v) is 12.6. The predicted molar refractivity (Wildman–Crippen MR) is 83.4 cm³/mol. The van der Waals surface area contributed by atoms with Crippen molar-refractivity contribution in [1.29, 1.82) is 0 Å². The molecule has 2 amide bonds. The van der Waals surface area contributed by atoms with Crippen LogP contribution < -0.4 is 15.4 Å². The van der Waals surface area contributed by atoms with Gasteiger partial charge in [-0.15, -0.1) is 0 Å². The zero-order chi connectivity index (χ0) is 16.8. The largest absolute Gasteiger partial charge is 0.496 e. The van der Waals surface area contributed by atoms with Crippen molar-refractivity contribution in [2.75, 3.05) is 24.9 Å². The fourth-order valence-corrected chi connectivity index (χ4v) is 1.89. The van der Waals surface area contributed by atoms with Crippen molar-refractivity contribution in [3.8, 4) is 5.75 Å². The zero-order valence-electron chi connectivity index (χ0n) is 12.6. The first-order chi connectivity index (χ1) is 11.0. The Labute approximate surface area is 132 Å². The Morgan fingerprint density at radius 2 is 1.78 bits per heavy atom. The molecule has 2 rings (SSSR count). The Hall–Kier alpha value is -3.09. The lowest BCUT2D eigenvalue weighted by atomic mass is 10.1. The molecule has 2 aromatic rings. The van der Waals surface area contributed by atoms with Gasteiger partial charge in [-0.1, -0.05) is 12.1 Å². The van der Waals surface area contributed by atoms with E-state index >= 15 is 0 Å². The van der Waals surface area contributed by atoms with E-state index in [0.29, 0.717) is 17.0 Å². The molecule has 0 spiro atoms. The van der Waals surface area contributed by atoms with Gasteiger partial charge in [0.2, 0.25) is 0 Å². The molecule has 6 nitrogen and oxygen atoms in total. The van der Waals surface area contributed by atoms with E-state index in [0.717, 1.165) is 6.07 Å². The first-order valence-corrected chi connectivity index (χ1v) is 6.64. The molecule has 0 heterocycles. The van der Waals surface area contributed by atoms with E-state index < -0.39 is 17.8 Å². The van der Waals surface area contributed by atoms with Crippen LogP contribution in [-0.4, -0.2) is 26.2 Å². The third kappa shape index (κ3) is 3.97. The molecule has 120 valence electrons. The van der Waals surface area contributed by atoms with Crippen LogP contribution in [0.2, 0.25) is 0 Å². The number of para-hydroxylation sites is 1. The van der Waals surface area contributed by atoms with Crippen molar-refractivity contribution in [2.24, 2.45) is 0 Å². The number of hydrogen-bond acceptors (Lipinski definition) is 4. The van der Waals surface area contributed by atoms with Crippen LogP contribution in [0.4, 0.5) is 20.6 Å². The highest BCUT2D eigenvalue weighted by Gasteiger charge is 2.13. The van der Waals surface area contributed by atoms with E-state index in [1.807, 2.05) is 0 Å². The summed E-state index contributed by atoms with van der Waals surface area (Å²) in [4.78, 5) is 23.4. The molecule has 0 radical (unpaired) electrons. The molecule has 0 aromatic heterocycles. The summed E-state index contributed by atoms with van der Waals surface area (Å²) in [5, 5.41) is 4.84. The minimum Gasteiger partial charge on any atom is -0.496 e. The normalized spacial score (nSPS) is 9.87. The van der Waals surface area contributed by atoms with E-state index in [2.05, 4.69) is 15.4 Å². The fourth-order valence-electron chi connectivity index (χ4n) is 1.89.